The largest absolute Gasteiger partial charge is 0.344 e. The Kier molecular flexibility index (Phi) is 3.66. The molecule has 0 aliphatic carbocycles. The summed E-state index contributed by atoms with van der Waals surface area (Å²) in [6, 6.07) is 23.9. The van der Waals surface area contributed by atoms with Crippen molar-refractivity contribution in [2.75, 3.05) is 11.9 Å². The molecular weight excluding hydrogens is 342 g/mol. The molecule has 5 rings (SSSR count). The fourth-order valence-corrected chi connectivity index (χ4v) is 4.23. The summed E-state index contributed by atoms with van der Waals surface area (Å²) in [7, 11) is 4.28. The quantitative estimate of drug-likeness (QED) is 0.368. The molecule has 138 valence electrons. The molecule has 0 amide bonds. The maximum atomic E-state index is 4.69. The molecule has 0 spiro atoms. The van der Waals surface area contributed by atoms with E-state index in [4.69, 9.17) is 0 Å². The van der Waals surface area contributed by atoms with Crippen LogP contribution in [0, 0.1) is 13.8 Å². The van der Waals surface area contributed by atoms with Gasteiger partial charge in [-0.1, -0.05) is 29.8 Å². The number of hydrogen-bond acceptors (Lipinski definition) is 2. The maximum absolute atomic E-state index is 4.69. The van der Waals surface area contributed by atoms with Gasteiger partial charge in [0, 0.05) is 52.7 Å². The number of nitrogens with zero attached hydrogens (tertiary/aromatic N) is 3. The number of aryl methyl sites for hydroxylation is 3. The summed E-state index contributed by atoms with van der Waals surface area (Å²) in [6.07, 6.45) is 0. The minimum atomic E-state index is 1.03. The summed E-state index contributed by atoms with van der Waals surface area (Å²) in [5.74, 6) is 0. The monoisotopic (exact) mass is 365 g/mol. The van der Waals surface area contributed by atoms with Gasteiger partial charge in [0.15, 0.2) is 0 Å². The van der Waals surface area contributed by atoms with Crippen molar-refractivity contribution in [3.8, 4) is 0 Å². The molecule has 3 aromatic carbocycles. The minimum absolute atomic E-state index is 1.03. The minimum Gasteiger partial charge on any atom is -0.344 e. The van der Waals surface area contributed by atoms with E-state index in [1.54, 1.807) is 0 Å². The Morgan fingerprint density at radius 2 is 1.50 bits per heavy atom. The van der Waals surface area contributed by atoms with Gasteiger partial charge in [0.2, 0.25) is 0 Å². The van der Waals surface area contributed by atoms with E-state index < -0.39 is 0 Å². The highest BCUT2D eigenvalue weighted by Crippen LogP contribution is 2.35. The van der Waals surface area contributed by atoms with Crippen LogP contribution < -0.4 is 4.90 Å². The molecular formula is C25H23N3. The standard InChI is InChI=1S/C25H23N3/c1-16-9-11-23-20(13-16)21-15-18(10-12-24(21)28(23)4)27(3)25-14-17(2)26-22-8-6-5-7-19(22)25/h5-15H,1-4H3. The van der Waals surface area contributed by atoms with Crippen LogP contribution in [0.25, 0.3) is 32.7 Å². The lowest BCUT2D eigenvalue weighted by molar-refractivity contribution is 1.01. The van der Waals surface area contributed by atoms with Crippen molar-refractivity contribution < 1.29 is 0 Å². The van der Waals surface area contributed by atoms with E-state index in [-0.39, 0.29) is 0 Å². The van der Waals surface area contributed by atoms with Crippen molar-refractivity contribution in [2.24, 2.45) is 7.05 Å². The lowest BCUT2D eigenvalue weighted by Gasteiger charge is -2.22. The van der Waals surface area contributed by atoms with Crippen molar-refractivity contribution in [1.82, 2.24) is 9.55 Å². The van der Waals surface area contributed by atoms with Gasteiger partial charge in [-0.15, -0.1) is 0 Å². The Morgan fingerprint density at radius 1 is 0.786 bits per heavy atom. The van der Waals surface area contributed by atoms with Crippen LogP contribution in [0.4, 0.5) is 11.4 Å². The summed E-state index contributed by atoms with van der Waals surface area (Å²) in [5.41, 5.74) is 8.23. The first kappa shape index (κ1) is 16.8. The molecule has 0 saturated heterocycles. The SMILES string of the molecule is Cc1ccc2c(c1)c1cc(N(C)c3cc(C)nc4ccccc34)ccc1n2C. The fraction of sp³-hybridized carbons (Fsp3) is 0.160. The molecule has 2 aromatic heterocycles. The van der Waals surface area contributed by atoms with Gasteiger partial charge in [-0.05, 0) is 56.3 Å². The number of aromatic nitrogens is 2. The van der Waals surface area contributed by atoms with E-state index >= 15 is 0 Å². The first-order valence-electron chi connectivity index (χ1n) is 9.62. The smallest absolute Gasteiger partial charge is 0.0726 e. The van der Waals surface area contributed by atoms with Crippen LogP contribution in [0.15, 0.2) is 66.7 Å². The second kappa shape index (κ2) is 6.10. The molecule has 0 bridgehead atoms. The summed E-state index contributed by atoms with van der Waals surface area (Å²) in [6.45, 7) is 4.21. The number of fused-ring (bicyclic) bond motifs is 4. The Labute approximate surface area is 164 Å². The third-order valence-electron chi connectivity index (χ3n) is 5.72. The van der Waals surface area contributed by atoms with Gasteiger partial charge in [-0.25, -0.2) is 0 Å². The van der Waals surface area contributed by atoms with Gasteiger partial charge in [0.1, 0.15) is 0 Å². The number of pyridine rings is 1. The Morgan fingerprint density at radius 3 is 2.32 bits per heavy atom. The number of hydrogen-bond donors (Lipinski definition) is 0. The maximum Gasteiger partial charge on any atom is 0.0726 e. The molecule has 2 heterocycles. The summed E-state index contributed by atoms with van der Waals surface area (Å²) >= 11 is 0. The van der Waals surface area contributed by atoms with Gasteiger partial charge >= 0.3 is 0 Å². The molecule has 0 N–H and O–H groups in total. The predicted molar refractivity (Wildman–Crippen MR) is 120 cm³/mol. The van der Waals surface area contributed by atoms with E-state index in [0.717, 1.165) is 11.2 Å². The van der Waals surface area contributed by atoms with Gasteiger partial charge in [-0.3, -0.25) is 4.98 Å². The first-order valence-corrected chi connectivity index (χ1v) is 9.62. The molecule has 0 aliphatic heterocycles. The molecule has 5 aromatic rings. The average molecular weight is 365 g/mol. The van der Waals surface area contributed by atoms with Crippen molar-refractivity contribution in [1.29, 1.82) is 0 Å². The average Bonchev–Trinajstić information content (AvgIpc) is 2.98. The highest BCUT2D eigenvalue weighted by atomic mass is 15.1. The second-order valence-corrected chi connectivity index (χ2v) is 7.64. The zero-order chi connectivity index (χ0) is 19.4. The van der Waals surface area contributed by atoms with Gasteiger partial charge < -0.3 is 9.47 Å². The van der Waals surface area contributed by atoms with Crippen LogP contribution in [0.2, 0.25) is 0 Å². The molecule has 3 nitrogen and oxygen atoms in total. The summed E-state index contributed by atoms with van der Waals surface area (Å²) in [4.78, 5) is 6.96. The van der Waals surface area contributed by atoms with Crippen molar-refractivity contribution in [3.05, 3.63) is 78.0 Å². The van der Waals surface area contributed by atoms with Crippen molar-refractivity contribution in [2.45, 2.75) is 13.8 Å². The van der Waals surface area contributed by atoms with Crippen molar-refractivity contribution >= 4 is 44.1 Å². The number of benzene rings is 3. The normalized spacial score (nSPS) is 11.6. The Bertz CT molecular complexity index is 1360. The molecule has 0 unspecified atom stereocenters. The topological polar surface area (TPSA) is 21.1 Å². The van der Waals surface area contributed by atoms with Gasteiger partial charge in [-0.2, -0.15) is 0 Å². The van der Waals surface area contributed by atoms with Crippen LogP contribution in [-0.2, 0) is 7.05 Å². The van der Waals surface area contributed by atoms with Crippen LogP contribution in [0.5, 0.6) is 0 Å². The molecule has 0 fully saturated rings. The zero-order valence-electron chi connectivity index (χ0n) is 16.7. The molecule has 0 saturated carbocycles. The van der Waals surface area contributed by atoms with E-state index in [1.807, 2.05) is 6.07 Å². The zero-order valence-corrected chi connectivity index (χ0v) is 16.7. The number of anilines is 2. The van der Waals surface area contributed by atoms with Crippen LogP contribution in [0.1, 0.15) is 11.3 Å². The summed E-state index contributed by atoms with van der Waals surface area (Å²) in [5, 5.41) is 3.77. The van der Waals surface area contributed by atoms with E-state index in [1.165, 1.54) is 44.1 Å². The Hall–Kier alpha value is -3.33. The first-order chi connectivity index (χ1) is 13.5. The summed E-state index contributed by atoms with van der Waals surface area (Å²) < 4.78 is 2.28. The third-order valence-corrected chi connectivity index (χ3v) is 5.72. The lowest BCUT2D eigenvalue weighted by Crippen LogP contribution is -2.10. The number of rotatable bonds is 2. The van der Waals surface area contributed by atoms with Crippen LogP contribution >= 0.6 is 0 Å². The van der Waals surface area contributed by atoms with Crippen LogP contribution in [0.3, 0.4) is 0 Å². The molecule has 0 aliphatic rings. The Balaban J connectivity index is 1.74. The van der Waals surface area contributed by atoms with E-state index in [9.17, 15) is 0 Å². The highest BCUT2D eigenvalue weighted by Gasteiger charge is 2.13. The van der Waals surface area contributed by atoms with Crippen molar-refractivity contribution in [3.63, 3.8) is 0 Å². The second-order valence-electron chi connectivity index (χ2n) is 7.64. The van der Waals surface area contributed by atoms with Gasteiger partial charge in [0.25, 0.3) is 0 Å². The van der Waals surface area contributed by atoms with Gasteiger partial charge in [0.05, 0.1) is 11.2 Å². The van der Waals surface area contributed by atoms with Crippen LogP contribution in [-0.4, -0.2) is 16.6 Å². The highest BCUT2D eigenvalue weighted by molar-refractivity contribution is 6.09. The predicted octanol–water partition coefficient (Wildman–Crippen LogP) is 6.26. The van der Waals surface area contributed by atoms with E-state index in [0.29, 0.717) is 0 Å². The fourth-order valence-electron chi connectivity index (χ4n) is 4.23. The van der Waals surface area contributed by atoms with E-state index in [2.05, 4.69) is 103 Å². The lowest BCUT2D eigenvalue weighted by atomic mass is 10.1. The third kappa shape index (κ3) is 2.47. The molecule has 3 heteroatoms. The number of para-hydroxylation sites is 1. The molecule has 28 heavy (non-hydrogen) atoms. The molecule has 0 radical (unpaired) electrons. The molecule has 0 atom stereocenters.